The Bertz CT molecular complexity index is 635. The Morgan fingerprint density at radius 1 is 1.00 bits per heavy atom. The van der Waals surface area contributed by atoms with Crippen molar-refractivity contribution < 1.29 is 9.84 Å². The molecule has 0 radical (unpaired) electrons. The van der Waals surface area contributed by atoms with Crippen LogP contribution in [0.1, 0.15) is 42.7 Å². The van der Waals surface area contributed by atoms with Crippen LogP contribution in [0, 0.1) is 11.8 Å². The molecule has 1 atom stereocenters. The topological polar surface area (TPSA) is 55.5 Å². The van der Waals surface area contributed by atoms with Crippen molar-refractivity contribution in [1.82, 2.24) is 0 Å². The summed E-state index contributed by atoms with van der Waals surface area (Å²) < 4.78 is 5.98. The maximum absolute atomic E-state index is 9.34. The predicted molar refractivity (Wildman–Crippen MR) is 102 cm³/mol. The first-order valence-corrected chi connectivity index (χ1v) is 9.37. The molecule has 0 aliphatic heterocycles. The van der Waals surface area contributed by atoms with Gasteiger partial charge in [-0.3, -0.25) is 0 Å². The van der Waals surface area contributed by atoms with Gasteiger partial charge < -0.3 is 15.6 Å². The van der Waals surface area contributed by atoms with Crippen molar-refractivity contribution in [3.8, 4) is 5.75 Å². The Morgan fingerprint density at radius 2 is 1.76 bits per heavy atom. The van der Waals surface area contributed by atoms with Gasteiger partial charge in [0.05, 0.1) is 0 Å². The van der Waals surface area contributed by atoms with Crippen molar-refractivity contribution in [2.45, 2.75) is 38.2 Å². The van der Waals surface area contributed by atoms with Gasteiger partial charge in [0.15, 0.2) is 0 Å². The summed E-state index contributed by atoms with van der Waals surface area (Å²) in [5.74, 6) is 2.37. The minimum Gasteiger partial charge on any atom is -0.489 e. The molecule has 1 aliphatic carbocycles. The highest BCUT2D eigenvalue weighted by Crippen LogP contribution is 2.38. The number of nitrogens with two attached hydrogens (primary N) is 1. The molecule has 1 saturated carbocycles. The average Bonchev–Trinajstić information content (AvgIpc) is 2.69. The molecular weight excluding hydrogens is 310 g/mol. The lowest BCUT2D eigenvalue weighted by Crippen LogP contribution is -2.26. The fourth-order valence-electron chi connectivity index (χ4n) is 3.95. The van der Waals surface area contributed by atoms with E-state index in [-0.39, 0.29) is 0 Å². The zero-order chi connectivity index (χ0) is 17.5. The number of aliphatic hydroxyl groups is 1. The van der Waals surface area contributed by atoms with Crippen LogP contribution in [0.4, 0.5) is 0 Å². The molecule has 0 saturated heterocycles. The molecule has 2 aromatic carbocycles. The molecule has 2 aromatic rings. The van der Waals surface area contributed by atoms with E-state index in [1.54, 1.807) is 0 Å². The molecular formula is C22H29NO2. The van der Waals surface area contributed by atoms with Crippen LogP contribution in [-0.4, -0.2) is 18.3 Å². The third-order valence-electron chi connectivity index (χ3n) is 5.51. The number of aliphatic hydroxyl groups excluding tert-OH is 1. The van der Waals surface area contributed by atoms with E-state index in [0.29, 0.717) is 37.5 Å². The van der Waals surface area contributed by atoms with Gasteiger partial charge in [0.1, 0.15) is 12.4 Å². The highest BCUT2D eigenvalue weighted by molar-refractivity contribution is 5.32. The van der Waals surface area contributed by atoms with E-state index in [0.717, 1.165) is 31.4 Å². The Morgan fingerprint density at radius 3 is 2.44 bits per heavy atom. The minimum absolute atomic E-state index is 0.322. The van der Waals surface area contributed by atoms with Crippen molar-refractivity contribution in [3.05, 3.63) is 65.7 Å². The first kappa shape index (κ1) is 18.0. The molecule has 3 nitrogen and oxygen atoms in total. The molecule has 0 aromatic heterocycles. The molecule has 1 unspecified atom stereocenters. The second kappa shape index (κ2) is 9.02. The standard InChI is InChI=1S/C22H29NO2/c23-14-22(19-11-9-17(15-24)10-12-19)20-7-4-8-21(13-20)25-16-18-5-2-1-3-6-18/h1-8,13,17,19,22,24H,9-12,14-16,23H2. The van der Waals surface area contributed by atoms with E-state index in [9.17, 15) is 5.11 Å². The number of hydrogen-bond acceptors (Lipinski definition) is 3. The van der Waals surface area contributed by atoms with E-state index < -0.39 is 0 Å². The van der Waals surface area contributed by atoms with Crippen LogP contribution in [-0.2, 0) is 6.61 Å². The highest BCUT2D eigenvalue weighted by Gasteiger charge is 2.27. The molecule has 3 N–H and O–H groups in total. The third-order valence-corrected chi connectivity index (χ3v) is 5.51. The zero-order valence-electron chi connectivity index (χ0n) is 14.8. The van der Waals surface area contributed by atoms with Gasteiger partial charge in [-0.25, -0.2) is 0 Å². The van der Waals surface area contributed by atoms with Crippen LogP contribution >= 0.6 is 0 Å². The van der Waals surface area contributed by atoms with Crippen molar-refractivity contribution in [2.24, 2.45) is 17.6 Å². The molecule has 0 spiro atoms. The van der Waals surface area contributed by atoms with Gasteiger partial charge in [-0.15, -0.1) is 0 Å². The molecule has 134 valence electrons. The van der Waals surface area contributed by atoms with Crippen LogP contribution in [0.5, 0.6) is 5.75 Å². The van der Waals surface area contributed by atoms with Crippen LogP contribution < -0.4 is 10.5 Å². The summed E-state index contributed by atoms with van der Waals surface area (Å²) >= 11 is 0. The minimum atomic E-state index is 0.322. The third kappa shape index (κ3) is 4.83. The van der Waals surface area contributed by atoms with Gasteiger partial charge in [0.25, 0.3) is 0 Å². The van der Waals surface area contributed by atoms with E-state index in [1.807, 2.05) is 24.3 Å². The summed E-state index contributed by atoms with van der Waals surface area (Å²) in [4.78, 5) is 0. The van der Waals surface area contributed by atoms with Crippen molar-refractivity contribution >= 4 is 0 Å². The summed E-state index contributed by atoms with van der Waals surface area (Å²) in [6, 6.07) is 18.6. The summed E-state index contributed by atoms with van der Waals surface area (Å²) in [6.07, 6.45) is 4.54. The summed E-state index contributed by atoms with van der Waals surface area (Å²) in [7, 11) is 0. The van der Waals surface area contributed by atoms with Gasteiger partial charge in [-0.2, -0.15) is 0 Å². The Labute approximate surface area is 150 Å². The van der Waals surface area contributed by atoms with E-state index in [4.69, 9.17) is 10.5 Å². The summed E-state index contributed by atoms with van der Waals surface area (Å²) in [5.41, 5.74) is 8.58. The van der Waals surface area contributed by atoms with Crippen LogP contribution in [0.3, 0.4) is 0 Å². The molecule has 3 rings (SSSR count). The van der Waals surface area contributed by atoms with Crippen LogP contribution in [0.25, 0.3) is 0 Å². The second-order valence-corrected chi connectivity index (χ2v) is 7.15. The lowest BCUT2D eigenvalue weighted by atomic mass is 9.73. The fourth-order valence-corrected chi connectivity index (χ4v) is 3.95. The quantitative estimate of drug-likeness (QED) is 0.798. The first-order chi connectivity index (χ1) is 12.3. The molecule has 0 heterocycles. The van der Waals surface area contributed by atoms with E-state index >= 15 is 0 Å². The Hall–Kier alpha value is -1.84. The molecule has 0 amide bonds. The lowest BCUT2D eigenvalue weighted by Gasteiger charge is -2.33. The van der Waals surface area contributed by atoms with E-state index in [1.165, 1.54) is 11.1 Å². The second-order valence-electron chi connectivity index (χ2n) is 7.15. The Kier molecular flexibility index (Phi) is 6.48. The summed E-state index contributed by atoms with van der Waals surface area (Å²) in [6.45, 7) is 1.57. The number of hydrogen-bond donors (Lipinski definition) is 2. The van der Waals surface area contributed by atoms with Gasteiger partial charge in [-0.1, -0.05) is 42.5 Å². The molecule has 3 heteroatoms. The maximum atomic E-state index is 9.34. The molecule has 25 heavy (non-hydrogen) atoms. The zero-order valence-corrected chi connectivity index (χ0v) is 14.8. The number of rotatable bonds is 7. The normalized spacial score (nSPS) is 21.7. The first-order valence-electron chi connectivity index (χ1n) is 9.37. The predicted octanol–water partition coefficient (Wildman–Crippen LogP) is 4.11. The van der Waals surface area contributed by atoms with Crippen LogP contribution in [0.2, 0.25) is 0 Å². The maximum Gasteiger partial charge on any atom is 0.120 e. The fraction of sp³-hybridized carbons (Fsp3) is 0.455. The monoisotopic (exact) mass is 339 g/mol. The largest absolute Gasteiger partial charge is 0.489 e. The number of ether oxygens (including phenoxy) is 1. The Balaban J connectivity index is 1.64. The highest BCUT2D eigenvalue weighted by atomic mass is 16.5. The van der Waals surface area contributed by atoms with Crippen molar-refractivity contribution in [1.29, 1.82) is 0 Å². The van der Waals surface area contributed by atoms with Gasteiger partial charge >= 0.3 is 0 Å². The lowest BCUT2D eigenvalue weighted by molar-refractivity contribution is 0.158. The van der Waals surface area contributed by atoms with Gasteiger partial charge in [-0.05, 0) is 73.2 Å². The van der Waals surface area contributed by atoms with E-state index in [2.05, 4.69) is 30.3 Å². The summed E-state index contributed by atoms with van der Waals surface area (Å²) in [5, 5.41) is 9.34. The van der Waals surface area contributed by atoms with Gasteiger partial charge in [0, 0.05) is 6.61 Å². The smallest absolute Gasteiger partial charge is 0.120 e. The van der Waals surface area contributed by atoms with Crippen molar-refractivity contribution in [3.63, 3.8) is 0 Å². The van der Waals surface area contributed by atoms with Gasteiger partial charge in [0.2, 0.25) is 0 Å². The average molecular weight is 339 g/mol. The SMILES string of the molecule is NCC(c1cccc(OCc2ccccc2)c1)C1CCC(CO)CC1. The number of benzene rings is 2. The van der Waals surface area contributed by atoms with Crippen molar-refractivity contribution in [2.75, 3.05) is 13.2 Å². The molecule has 0 bridgehead atoms. The molecule has 1 fully saturated rings. The molecule has 1 aliphatic rings. The van der Waals surface area contributed by atoms with Crippen LogP contribution in [0.15, 0.2) is 54.6 Å².